The average molecular weight is 445 g/mol. The van der Waals surface area contributed by atoms with E-state index in [1.165, 1.54) is 6.21 Å². The van der Waals surface area contributed by atoms with Crippen LogP contribution >= 0.6 is 0 Å². The van der Waals surface area contributed by atoms with Crippen LogP contribution in [0.15, 0.2) is 64.1 Å². The van der Waals surface area contributed by atoms with Crippen molar-refractivity contribution >= 4 is 29.1 Å². The number of carboxylic acids is 1. The molecule has 4 aromatic rings. The predicted octanol–water partition coefficient (Wildman–Crippen LogP) is 4.70. The Morgan fingerprint density at radius 2 is 1.94 bits per heavy atom. The third-order valence-corrected chi connectivity index (χ3v) is 5.24. The number of nitrogens with zero attached hydrogens (tertiary/aromatic N) is 2. The molecule has 0 fully saturated rings. The monoisotopic (exact) mass is 445 g/mol. The van der Waals surface area contributed by atoms with Crippen molar-refractivity contribution in [2.75, 3.05) is 6.61 Å². The van der Waals surface area contributed by atoms with Crippen LogP contribution in [0.4, 0.5) is 0 Å². The van der Waals surface area contributed by atoms with Crippen molar-refractivity contribution in [3.05, 3.63) is 82.9 Å². The number of ether oxygens (including phenoxy) is 1. The Labute approximate surface area is 190 Å². The van der Waals surface area contributed by atoms with Crippen molar-refractivity contribution < 1.29 is 23.8 Å². The van der Waals surface area contributed by atoms with Gasteiger partial charge < -0.3 is 18.8 Å². The highest BCUT2D eigenvalue weighted by Gasteiger charge is 2.16. The fraction of sp³-hybridized carbons (Fsp3) is 0.160. The zero-order valence-corrected chi connectivity index (χ0v) is 18.5. The highest BCUT2D eigenvalue weighted by Crippen LogP contribution is 2.25. The lowest BCUT2D eigenvalue weighted by molar-refractivity contribution is 0.0696. The fourth-order valence-electron chi connectivity index (χ4n) is 3.74. The Morgan fingerprint density at radius 3 is 2.70 bits per heavy atom. The largest absolute Gasteiger partial charge is 0.494 e. The molecule has 0 bridgehead atoms. The summed E-state index contributed by atoms with van der Waals surface area (Å²) in [6.45, 7) is 6.20. The molecule has 0 aliphatic carbocycles. The van der Waals surface area contributed by atoms with Crippen LogP contribution in [0, 0.1) is 13.8 Å². The molecule has 2 heterocycles. The number of furan rings is 1. The second kappa shape index (κ2) is 9.04. The summed E-state index contributed by atoms with van der Waals surface area (Å²) in [6, 6.07) is 15.7. The fourth-order valence-corrected chi connectivity index (χ4v) is 3.74. The number of fused-ring (bicyclic) bond motifs is 1. The molecular formula is C25H23N3O5. The number of nitrogens with one attached hydrogen (secondary N) is 1. The molecule has 0 saturated carbocycles. The van der Waals surface area contributed by atoms with E-state index in [1.54, 1.807) is 42.5 Å². The lowest BCUT2D eigenvalue weighted by Crippen LogP contribution is -2.16. The smallest absolute Gasteiger partial charge is 0.337 e. The Hall–Kier alpha value is -4.33. The minimum Gasteiger partial charge on any atom is -0.494 e. The highest BCUT2D eigenvalue weighted by molar-refractivity contribution is 5.97. The number of amides is 1. The Morgan fingerprint density at radius 1 is 1.15 bits per heavy atom. The van der Waals surface area contributed by atoms with Gasteiger partial charge >= 0.3 is 11.9 Å². The standard InChI is InChI=1S/C25H23N3O5/c1-4-32-19-9-10-22-17(12-19)13-23(33-22)24(29)27-26-14-18-11-15(2)28(16(18)3)21-8-6-5-7-20(21)25(30)31/h5-14H,4H2,1-3H3,(H,27,29)(H,30,31)/b26-14+. The van der Waals surface area contributed by atoms with Crippen LogP contribution < -0.4 is 10.2 Å². The Balaban J connectivity index is 1.54. The van der Waals surface area contributed by atoms with E-state index >= 15 is 0 Å². The molecule has 0 spiro atoms. The van der Waals surface area contributed by atoms with Gasteiger partial charge in [0.2, 0.25) is 0 Å². The van der Waals surface area contributed by atoms with Gasteiger partial charge in [-0.1, -0.05) is 12.1 Å². The van der Waals surface area contributed by atoms with Gasteiger partial charge in [0.1, 0.15) is 11.3 Å². The molecule has 33 heavy (non-hydrogen) atoms. The van der Waals surface area contributed by atoms with Crippen molar-refractivity contribution in [2.45, 2.75) is 20.8 Å². The van der Waals surface area contributed by atoms with Crippen molar-refractivity contribution in [3.8, 4) is 11.4 Å². The van der Waals surface area contributed by atoms with Gasteiger partial charge in [-0.25, -0.2) is 10.2 Å². The number of hydrogen-bond donors (Lipinski definition) is 2. The maximum absolute atomic E-state index is 12.5. The number of carbonyl (C=O) groups is 2. The summed E-state index contributed by atoms with van der Waals surface area (Å²) in [5, 5.41) is 14.3. The highest BCUT2D eigenvalue weighted by atomic mass is 16.5. The SMILES string of the molecule is CCOc1ccc2oc(C(=O)N/N=C/c3cc(C)n(-c4ccccc4C(=O)O)c3C)cc2c1. The summed E-state index contributed by atoms with van der Waals surface area (Å²) in [5.74, 6) is -0.641. The van der Waals surface area contributed by atoms with Crippen LogP contribution in [0.1, 0.15) is 44.8 Å². The van der Waals surface area contributed by atoms with E-state index in [4.69, 9.17) is 9.15 Å². The van der Waals surface area contributed by atoms with Gasteiger partial charge in [0.05, 0.1) is 24.1 Å². The van der Waals surface area contributed by atoms with Crippen LogP contribution in [0.2, 0.25) is 0 Å². The molecular weight excluding hydrogens is 422 g/mol. The molecule has 0 radical (unpaired) electrons. The predicted molar refractivity (Wildman–Crippen MR) is 125 cm³/mol. The summed E-state index contributed by atoms with van der Waals surface area (Å²) in [7, 11) is 0. The molecule has 0 aliphatic rings. The van der Waals surface area contributed by atoms with Gasteiger partial charge in [-0.15, -0.1) is 0 Å². The third kappa shape index (κ3) is 4.36. The summed E-state index contributed by atoms with van der Waals surface area (Å²) < 4.78 is 12.9. The minimum absolute atomic E-state index is 0.136. The van der Waals surface area contributed by atoms with Gasteiger partial charge in [-0.05, 0) is 63.2 Å². The maximum atomic E-state index is 12.5. The molecule has 0 aliphatic heterocycles. The van der Waals surface area contributed by atoms with Crippen molar-refractivity contribution in [1.29, 1.82) is 0 Å². The molecule has 1 amide bonds. The number of hydrazone groups is 1. The van der Waals surface area contributed by atoms with Crippen LogP contribution in [-0.4, -0.2) is 34.4 Å². The van der Waals surface area contributed by atoms with Crippen LogP contribution in [0.5, 0.6) is 5.75 Å². The van der Waals surface area contributed by atoms with Crippen LogP contribution in [-0.2, 0) is 0 Å². The first kappa shape index (κ1) is 21.9. The molecule has 2 N–H and O–H groups in total. The Bertz CT molecular complexity index is 1380. The van der Waals surface area contributed by atoms with Gasteiger partial charge in [-0.3, -0.25) is 4.79 Å². The van der Waals surface area contributed by atoms with Gasteiger partial charge in [-0.2, -0.15) is 5.10 Å². The van der Waals surface area contributed by atoms with E-state index in [2.05, 4.69) is 10.5 Å². The molecule has 0 unspecified atom stereocenters. The van der Waals surface area contributed by atoms with E-state index in [9.17, 15) is 14.7 Å². The van der Waals surface area contributed by atoms with Crippen molar-refractivity contribution in [3.63, 3.8) is 0 Å². The topological polar surface area (TPSA) is 106 Å². The number of para-hydroxylation sites is 1. The minimum atomic E-state index is -1.00. The molecule has 168 valence electrons. The molecule has 0 atom stereocenters. The van der Waals surface area contributed by atoms with Gasteiger partial charge in [0.25, 0.3) is 0 Å². The first-order chi connectivity index (χ1) is 15.9. The number of carbonyl (C=O) groups excluding carboxylic acids is 1. The second-order valence-electron chi connectivity index (χ2n) is 7.43. The van der Waals surface area contributed by atoms with E-state index in [0.717, 1.165) is 22.3 Å². The zero-order chi connectivity index (χ0) is 23.5. The number of hydrogen-bond acceptors (Lipinski definition) is 5. The molecule has 0 saturated heterocycles. The number of aryl methyl sites for hydroxylation is 1. The van der Waals surface area contributed by atoms with Crippen molar-refractivity contribution in [1.82, 2.24) is 9.99 Å². The third-order valence-electron chi connectivity index (χ3n) is 5.24. The number of aromatic carboxylic acids is 1. The summed E-state index contributed by atoms with van der Waals surface area (Å²) in [4.78, 5) is 24.1. The first-order valence-corrected chi connectivity index (χ1v) is 10.4. The lowest BCUT2D eigenvalue weighted by atomic mass is 10.1. The average Bonchev–Trinajstić information content (AvgIpc) is 3.34. The number of carboxylic acid groups (broad SMARTS) is 1. The second-order valence-corrected chi connectivity index (χ2v) is 7.43. The van der Waals surface area contributed by atoms with Gasteiger partial charge in [0, 0.05) is 22.3 Å². The van der Waals surface area contributed by atoms with Crippen LogP contribution in [0.25, 0.3) is 16.7 Å². The van der Waals surface area contributed by atoms with Crippen molar-refractivity contribution in [2.24, 2.45) is 5.10 Å². The maximum Gasteiger partial charge on any atom is 0.337 e. The Kier molecular flexibility index (Phi) is 5.99. The van der Waals surface area contributed by atoms with E-state index < -0.39 is 11.9 Å². The molecule has 8 heteroatoms. The summed E-state index contributed by atoms with van der Waals surface area (Å²) in [5.41, 5.74) is 6.21. The molecule has 8 nitrogen and oxygen atoms in total. The molecule has 2 aromatic carbocycles. The number of aromatic nitrogens is 1. The van der Waals surface area contributed by atoms with Crippen LogP contribution in [0.3, 0.4) is 0 Å². The lowest BCUT2D eigenvalue weighted by Gasteiger charge is -2.12. The van der Waals surface area contributed by atoms with E-state index in [0.29, 0.717) is 23.6 Å². The first-order valence-electron chi connectivity index (χ1n) is 10.4. The molecule has 4 rings (SSSR count). The van der Waals surface area contributed by atoms with E-state index in [-0.39, 0.29) is 11.3 Å². The molecule has 2 aromatic heterocycles. The normalized spacial score (nSPS) is 11.2. The van der Waals surface area contributed by atoms with Gasteiger partial charge in [0.15, 0.2) is 5.76 Å². The number of rotatable bonds is 7. The zero-order valence-electron chi connectivity index (χ0n) is 18.5. The summed E-state index contributed by atoms with van der Waals surface area (Å²) in [6.07, 6.45) is 1.52. The van der Waals surface area contributed by atoms with E-state index in [1.807, 2.05) is 37.5 Å². The quantitative estimate of drug-likeness (QED) is 0.317. The number of benzene rings is 2. The summed E-state index contributed by atoms with van der Waals surface area (Å²) >= 11 is 0.